The Balaban J connectivity index is 1.71. The molecule has 1 aliphatic rings. The van der Waals surface area contributed by atoms with Crippen LogP contribution in [0.5, 0.6) is 5.88 Å². The number of Topliss-reactive ketones (excluding diaryl/α,β-unsaturated/α-hetero) is 1. The minimum atomic E-state index is -0.0483. The van der Waals surface area contributed by atoms with E-state index >= 15 is 0 Å². The normalized spacial score (nSPS) is 18.6. The summed E-state index contributed by atoms with van der Waals surface area (Å²) in [7, 11) is 1.90. The summed E-state index contributed by atoms with van der Waals surface area (Å²) < 4.78 is 10.1. The van der Waals surface area contributed by atoms with Gasteiger partial charge in [-0.05, 0) is 32.4 Å². The van der Waals surface area contributed by atoms with Crippen LogP contribution >= 0.6 is 0 Å². The van der Waals surface area contributed by atoms with Crippen LogP contribution in [0, 0.1) is 5.92 Å². The van der Waals surface area contributed by atoms with E-state index in [9.17, 15) is 4.79 Å². The van der Waals surface area contributed by atoms with E-state index in [2.05, 4.69) is 28.9 Å². The number of fused-ring (bicyclic) bond motifs is 1. The molecule has 0 aromatic carbocycles. The maximum Gasteiger partial charge on any atom is 0.225 e. The van der Waals surface area contributed by atoms with Gasteiger partial charge in [0, 0.05) is 56.5 Å². The molecule has 0 unspecified atom stereocenters. The summed E-state index contributed by atoms with van der Waals surface area (Å²) in [6.45, 7) is 5.06. The summed E-state index contributed by atoms with van der Waals surface area (Å²) in [6, 6.07) is 4.06. The highest BCUT2D eigenvalue weighted by Gasteiger charge is 2.29. The lowest BCUT2D eigenvalue weighted by atomic mass is 10.0. The zero-order valence-corrected chi connectivity index (χ0v) is 15.5. The lowest BCUT2D eigenvalue weighted by Gasteiger charge is -2.20. The number of aromatic nitrogens is 4. The van der Waals surface area contributed by atoms with Crippen molar-refractivity contribution in [3.05, 3.63) is 30.7 Å². The molecule has 26 heavy (non-hydrogen) atoms. The van der Waals surface area contributed by atoms with E-state index in [0.717, 1.165) is 35.1 Å². The van der Waals surface area contributed by atoms with Crippen LogP contribution in [0.3, 0.4) is 0 Å². The third-order valence-electron chi connectivity index (χ3n) is 5.24. The lowest BCUT2D eigenvalue weighted by molar-refractivity contribution is -0.117. The molecule has 0 bridgehead atoms. The molecule has 0 aliphatic heterocycles. The van der Waals surface area contributed by atoms with Crippen LogP contribution in [0.25, 0.3) is 22.2 Å². The highest BCUT2D eigenvalue weighted by molar-refractivity contribution is 5.86. The van der Waals surface area contributed by atoms with E-state index < -0.39 is 0 Å². The third-order valence-corrected chi connectivity index (χ3v) is 5.24. The minimum Gasteiger partial charge on any atom is -0.474 e. The third kappa shape index (κ3) is 3.11. The maximum absolute atomic E-state index is 11.6. The van der Waals surface area contributed by atoms with Crippen molar-refractivity contribution in [2.75, 3.05) is 0 Å². The zero-order chi connectivity index (χ0) is 18.3. The van der Waals surface area contributed by atoms with Crippen LogP contribution < -0.4 is 4.74 Å². The summed E-state index contributed by atoms with van der Waals surface area (Å²) in [5.41, 5.74) is 2.77. The number of pyridine rings is 1. The second-order valence-corrected chi connectivity index (χ2v) is 7.14. The van der Waals surface area contributed by atoms with Gasteiger partial charge < -0.3 is 9.30 Å². The second kappa shape index (κ2) is 6.59. The Morgan fingerprint density at radius 3 is 2.92 bits per heavy atom. The minimum absolute atomic E-state index is 0.0483. The number of aryl methyl sites for hydroxylation is 2. The van der Waals surface area contributed by atoms with Gasteiger partial charge in [-0.2, -0.15) is 5.10 Å². The first-order valence-electron chi connectivity index (χ1n) is 9.22. The van der Waals surface area contributed by atoms with Crippen molar-refractivity contribution >= 4 is 16.7 Å². The molecule has 1 fully saturated rings. The molecular formula is C20H24N4O2. The van der Waals surface area contributed by atoms with Gasteiger partial charge in [0.25, 0.3) is 0 Å². The number of ether oxygens (including phenoxy) is 1. The molecule has 6 nitrogen and oxygen atoms in total. The number of ketones is 1. The Morgan fingerprint density at radius 1 is 1.38 bits per heavy atom. The van der Waals surface area contributed by atoms with Crippen molar-refractivity contribution in [3.8, 4) is 17.1 Å². The molecule has 0 radical (unpaired) electrons. The van der Waals surface area contributed by atoms with Gasteiger partial charge in [0.1, 0.15) is 11.9 Å². The molecular weight excluding hydrogens is 328 g/mol. The van der Waals surface area contributed by atoms with E-state index in [1.807, 2.05) is 32.4 Å². The first-order chi connectivity index (χ1) is 12.5. The number of carbonyl (C=O) groups is 1. The quantitative estimate of drug-likeness (QED) is 0.704. The van der Waals surface area contributed by atoms with E-state index in [1.165, 1.54) is 0 Å². The molecule has 0 N–H and O–H groups in total. The molecule has 136 valence electrons. The second-order valence-electron chi connectivity index (χ2n) is 7.14. The van der Waals surface area contributed by atoms with Gasteiger partial charge in [-0.25, -0.2) is 4.98 Å². The topological polar surface area (TPSA) is 61.9 Å². The summed E-state index contributed by atoms with van der Waals surface area (Å²) in [5.74, 6) is 1.20. The molecule has 4 rings (SSSR count). The van der Waals surface area contributed by atoms with E-state index in [4.69, 9.17) is 9.72 Å². The predicted molar refractivity (Wildman–Crippen MR) is 100 cm³/mol. The van der Waals surface area contributed by atoms with Gasteiger partial charge >= 0.3 is 0 Å². The van der Waals surface area contributed by atoms with Crippen LogP contribution in [0.1, 0.15) is 33.1 Å². The highest BCUT2D eigenvalue weighted by Crippen LogP contribution is 2.32. The molecule has 6 heteroatoms. The smallest absolute Gasteiger partial charge is 0.225 e. The van der Waals surface area contributed by atoms with Crippen LogP contribution in [0.2, 0.25) is 0 Å². The number of carbonyl (C=O) groups excluding carboxylic acids is 1. The van der Waals surface area contributed by atoms with Gasteiger partial charge in [-0.1, -0.05) is 0 Å². The van der Waals surface area contributed by atoms with Gasteiger partial charge in [-0.15, -0.1) is 0 Å². The molecule has 1 saturated carbocycles. The molecule has 0 saturated heterocycles. The first kappa shape index (κ1) is 16.8. The van der Waals surface area contributed by atoms with Crippen molar-refractivity contribution in [2.24, 2.45) is 13.0 Å². The average molecular weight is 352 g/mol. The standard InChI is InChI=1S/C20H24N4O2/c1-4-24-8-7-15(11-24)18-10-19-17(12-23(3)22-19)20(21-18)26-13(2)14-5-6-16(25)9-14/h7-8,10-14H,4-6,9H2,1-3H3/t13-,14+/m1/s1. The number of hydrogen-bond acceptors (Lipinski definition) is 4. The fourth-order valence-corrected chi connectivity index (χ4v) is 3.65. The Kier molecular flexibility index (Phi) is 4.26. The highest BCUT2D eigenvalue weighted by atomic mass is 16.5. The van der Waals surface area contributed by atoms with Gasteiger partial charge in [0.2, 0.25) is 5.88 Å². The average Bonchev–Trinajstić information content (AvgIpc) is 3.33. The molecule has 0 amide bonds. The molecule has 1 aliphatic carbocycles. The molecule has 3 heterocycles. The Hall–Kier alpha value is -2.63. The Morgan fingerprint density at radius 2 is 2.23 bits per heavy atom. The Bertz CT molecular complexity index is 956. The van der Waals surface area contributed by atoms with Crippen molar-refractivity contribution in [3.63, 3.8) is 0 Å². The first-order valence-corrected chi connectivity index (χ1v) is 9.22. The summed E-state index contributed by atoms with van der Waals surface area (Å²) in [6.07, 6.45) is 8.19. The van der Waals surface area contributed by atoms with Crippen molar-refractivity contribution in [1.82, 2.24) is 19.3 Å². The van der Waals surface area contributed by atoms with Gasteiger partial charge in [0.05, 0.1) is 16.6 Å². The summed E-state index contributed by atoms with van der Waals surface area (Å²) >= 11 is 0. The van der Waals surface area contributed by atoms with Crippen molar-refractivity contribution < 1.29 is 9.53 Å². The summed E-state index contributed by atoms with van der Waals surface area (Å²) in [5, 5.41) is 5.44. The van der Waals surface area contributed by atoms with Crippen molar-refractivity contribution in [1.29, 1.82) is 0 Å². The molecule has 2 atom stereocenters. The van der Waals surface area contributed by atoms with E-state index in [0.29, 0.717) is 24.5 Å². The van der Waals surface area contributed by atoms with E-state index in [1.54, 1.807) is 4.68 Å². The van der Waals surface area contributed by atoms with Crippen LogP contribution in [-0.2, 0) is 18.4 Å². The van der Waals surface area contributed by atoms with Crippen LogP contribution in [0.4, 0.5) is 0 Å². The Labute approximate surface area is 152 Å². The fraction of sp³-hybridized carbons (Fsp3) is 0.450. The lowest BCUT2D eigenvalue weighted by Crippen LogP contribution is -2.22. The number of hydrogen-bond donors (Lipinski definition) is 0. The maximum atomic E-state index is 11.6. The van der Waals surface area contributed by atoms with Crippen molar-refractivity contribution in [2.45, 2.75) is 45.8 Å². The monoisotopic (exact) mass is 352 g/mol. The summed E-state index contributed by atoms with van der Waals surface area (Å²) in [4.78, 5) is 16.4. The van der Waals surface area contributed by atoms with Crippen LogP contribution in [0.15, 0.2) is 30.7 Å². The number of rotatable bonds is 5. The van der Waals surface area contributed by atoms with Crippen LogP contribution in [-0.4, -0.2) is 31.2 Å². The van der Waals surface area contributed by atoms with E-state index in [-0.39, 0.29) is 12.0 Å². The van der Waals surface area contributed by atoms with Gasteiger partial charge in [0.15, 0.2) is 0 Å². The molecule has 3 aromatic rings. The van der Waals surface area contributed by atoms with Gasteiger partial charge in [-0.3, -0.25) is 9.48 Å². The predicted octanol–water partition coefficient (Wildman–Crippen LogP) is 3.59. The largest absolute Gasteiger partial charge is 0.474 e. The number of nitrogens with zero attached hydrogens (tertiary/aromatic N) is 4. The molecule has 3 aromatic heterocycles. The zero-order valence-electron chi connectivity index (χ0n) is 15.5. The SMILES string of the molecule is CCn1ccc(-c2cc3nn(C)cc3c(O[C@H](C)[C@H]3CCC(=O)C3)n2)c1. The fourth-order valence-electron chi connectivity index (χ4n) is 3.65. The molecule has 0 spiro atoms.